The number of nitrogens with one attached hydrogen (secondary N) is 1. The van der Waals surface area contributed by atoms with Gasteiger partial charge >= 0.3 is 0 Å². The predicted octanol–water partition coefficient (Wildman–Crippen LogP) is 4.21. The van der Waals surface area contributed by atoms with E-state index in [9.17, 15) is 24.0 Å². The molecule has 0 aliphatic heterocycles. The van der Waals surface area contributed by atoms with Gasteiger partial charge in [0, 0.05) is 30.7 Å². The number of carbonyl (C=O) groups is 5. The van der Waals surface area contributed by atoms with E-state index < -0.39 is 34.9 Å². The molecule has 0 saturated heterocycles. The van der Waals surface area contributed by atoms with Crippen LogP contribution in [0.2, 0.25) is 0 Å². The van der Waals surface area contributed by atoms with Crippen molar-refractivity contribution in [1.29, 1.82) is 0 Å². The van der Waals surface area contributed by atoms with E-state index in [1.54, 1.807) is 52.0 Å². The first-order valence-corrected chi connectivity index (χ1v) is 11.3. The monoisotopic (exact) mass is 443 g/mol. The van der Waals surface area contributed by atoms with E-state index >= 15 is 0 Å². The van der Waals surface area contributed by atoms with E-state index in [1.165, 1.54) is 0 Å². The molecule has 0 fully saturated rings. The van der Waals surface area contributed by atoms with Gasteiger partial charge in [-0.05, 0) is 18.3 Å². The Hall–Kier alpha value is -2.63. The fraction of sp³-hybridized carbons (Fsp3) is 0.577. The lowest BCUT2D eigenvalue weighted by atomic mass is 9.76. The first kappa shape index (κ1) is 27.4. The van der Waals surface area contributed by atoms with Gasteiger partial charge in [0.2, 0.25) is 11.7 Å². The van der Waals surface area contributed by atoms with Crippen LogP contribution in [0.5, 0.6) is 0 Å². The summed E-state index contributed by atoms with van der Waals surface area (Å²) in [7, 11) is 0. The minimum absolute atomic E-state index is 0.0262. The molecule has 6 nitrogen and oxygen atoms in total. The second-order valence-corrected chi connectivity index (χ2v) is 9.80. The number of hydrogen-bond donors (Lipinski definition) is 1. The molecule has 3 atom stereocenters. The molecule has 1 N–H and O–H groups in total. The number of hydrogen-bond acceptors (Lipinski definition) is 5. The highest BCUT2D eigenvalue weighted by molar-refractivity contribution is 6.38. The molecular weight excluding hydrogens is 406 g/mol. The van der Waals surface area contributed by atoms with Gasteiger partial charge in [-0.1, -0.05) is 71.9 Å². The number of Topliss-reactive ketones (excluding diaryl/α,β-unsaturated/α-hetero) is 4. The molecule has 0 spiro atoms. The van der Waals surface area contributed by atoms with Crippen LogP contribution in [0.25, 0.3) is 0 Å². The van der Waals surface area contributed by atoms with Crippen LogP contribution < -0.4 is 5.32 Å². The van der Waals surface area contributed by atoms with E-state index in [1.807, 2.05) is 26.8 Å². The van der Waals surface area contributed by atoms with Gasteiger partial charge < -0.3 is 5.32 Å². The maximum Gasteiger partial charge on any atom is 0.224 e. The van der Waals surface area contributed by atoms with Gasteiger partial charge in [0.05, 0.1) is 12.0 Å². The summed E-state index contributed by atoms with van der Waals surface area (Å²) in [5.74, 6) is -3.34. The largest absolute Gasteiger partial charge is 0.346 e. The van der Waals surface area contributed by atoms with Crippen molar-refractivity contribution >= 4 is 29.0 Å². The Labute approximate surface area is 191 Å². The average Bonchev–Trinajstić information content (AvgIpc) is 2.73. The maximum atomic E-state index is 13.0. The summed E-state index contributed by atoms with van der Waals surface area (Å²) >= 11 is 0. The van der Waals surface area contributed by atoms with Crippen molar-refractivity contribution in [3.63, 3.8) is 0 Å². The molecule has 0 aromatic heterocycles. The number of rotatable bonds is 12. The summed E-state index contributed by atoms with van der Waals surface area (Å²) in [6, 6.07) is 7.97. The second-order valence-electron chi connectivity index (χ2n) is 9.80. The van der Waals surface area contributed by atoms with E-state index in [2.05, 4.69) is 5.32 Å². The van der Waals surface area contributed by atoms with Crippen LogP contribution in [0.1, 0.15) is 78.1 Å². The van der Waals surface area contributed by atoms with Crippen LogP contribution in [0.3, 0.4) is 0 Å². The molecule has 176 valence electrons. The molecule has 1 rings (SSSR count). The number of carbonyl (C=O) groups excluding carboxylic acids is 5. The van der Waals surface area contributed by atoms with Gasteiger partial charge in [0.1, 0.15) is 0 Å². The average molecular weight is 444 g/mol. The number of amides is 1. The Morgan fingerprint density at radius 2 is 1.47 bits per heavy atom. The van der Waals surface area contributed by atoms with Gasteiger partial charge in [0.25, 0.3) is 0 Å². The second kappa shape index (κ2) is 11.8. The first-order valence-electron chi connectivity index (χ1n) is 11.3. The van der Waals surface area contributed by atoms with Gasteiger partial charge in [-0.2, -0.15) is 0 Å². The molecule has 0 bridgehead atoms. The normalized spacial score (nSPS) is 14.4. The minimum Gasteiger partial charge on any atom is -0.346 e. The van der Waals surface area contributed by atoms with E-state index in [0.29, 0.717) is 5.56 Å². The zero-order chi connectivity index (χ0) is 24.6. The Morgan fingerprint density at radius 3 is 1.94 bits per heavy atom. The molecule has 1 aromatic rings. The fourth-order valence-corrected chi connectivity index (χ4v) is 3.52. The van der Waals surface area contributed by atoms with E-state index in [0.717, 1.165) is 0 Å². The third-order valence-corrected chi connectivity index (χ3v) is 5.85. The van der Waals surface area contributed by atoms with Crippen molar-refractivity contribution in [3.8, 4) is 0 Å². The number of benzene rings is 1. The molecule has 1 aromatic carbocycles. The number of ketones is 4. The van der Waals surface area contributed by atoms with Crippen LogP contribution in [0.4, 0.5) is 0 Å². The zero-order valence-electron chi connectivity index (χ0n) is 20.4. The minimum atomic E-state index is -0.829. The molecular formula is C26H37NO5. The molecule has 1 amide bonds. The highest BCUT2D eigenvalue weighted by Gasteiger charge is 2.36. The maximum absolute atomic E-state index is 13.0. The molecule has 0 unspecified atom stereocenters. The molecule has 0 heterocycles. The van der Waals surface area contributed by atoms with E-state index in [-0.39, 0.29) is 42.7 Å². The smallest absolute Gasteiger partial charge is 0.224 e. The molecule has 0 aliphatic carbocycles. The van der Waals surface area contributed by atoms with Crippen molar-refractivity contribution < 1.29 is 24.0 Å². The van der Waals surface area contributed by atoms with Crippen molar-refractivity contribution in [2.24, 2.45) is 23.2 Å². The molecule has 6 heteroatoms. The summed E-state index contributed by atoms with van der Waals surface area (Å²) in [5, 5.41) is 2.73. The quantitative estimate of drug-likeness (QED) is 0.386. The van der Waals surface area contributed by atoms with Crippen LogP contribution in [0, 0.1) is 23.2 Å². The summed E-state index contributed by atoms with van der Waals surface area (Å²) < 4.78 is 0. The van der Waals surface area contributed by atoms with Crippen molar-refractivity contribution in [2.45, 2.75) is 73.8 Å². The van der Waals surface area contributed by atoms with Gasteiger partial charge in [0.15, 0.2) is 17.3 Å². The van der Waals surface area contributed by atoms with Gasteiger partial charge in [-0.3, -0.25) is 24.0 Å². The van der Waals surface area contributed by atoms with Crippen molar-refractivity contribution in [2.75, 3.05) is 0 Å². The summed E-state index contributed by atoms with van der Waals surface area (Å²) in [6.45, 7) is 12.4. The molecule has 32 heavy (non-hydrogen) atoms. The fourth-order valence-electron chi connectivity index (χ4n) is 3.52. The summed E-state index contributed by atoms with van der Waals surface area (Å²) in [6.07, 6.45) is 0.0242. The topological polar surface area (TPSA) is 97.4 Å². The van der Waals surface area contributed by atoms with Crippen LogP contribution in [0.15, 0.2) is 30.3 Å². The van der Waals surface area contributed by atoms with Gasteiger partial charge in [-0.25, -0.2) is 0 Å². The third kappa shape index (κ3) is 7.81. The highest BCUT2D eigenvalue weighted by Crippen LogP contribution is 2.30. The first-order chi connectivity index (χ1) is 14.8. The SMILES string of the molecule is CCC(=O)C(=O)[C@@H](CC(=O)[C@H](C)NC(=O)[C@@H](CC(=O)c1ccccc1)C(C)(C)C)C(C)C. The zero-order valence-corrected chi connectivity index (χ0v) is 20.4. The molecule has 0 aliphatic rings. The Kier molecular flexibility index (Phi) is 10.1. The van der Waals surface area contributed by atoms with Gasteiger partial charge in [-0.15, -0.1) is 0 Å². The third-order valence-electron chi connectivity index (χ3n) is 5.85. The van der Waals surface area contributed by atoms with Crippen LogP contribution >= 0.6 is 0 Å². The Morgan fingerprint density at radius 1 is 0.906 bits per heavy atom. The predicted molar refractivity (Wildman–Crippen MR) is 124 cm³/mol. The Balaban J connectivity index is 2.90. The van der Waals surface area contributed by atoms with Crippen LogP contribution in [-0.4, -0.2) is 35.1 Å². The van der Waals surface area contributed by atoms with Crippen LogP contribution in [-0.2, 0) is 19.2 Å². The lowest BCUT2D eigenvalue weighted by Crippen LogP contribution is -2.46. The van der Waals surface area contributed by atoms with Crippen molar-refractivity contribution in [1.82, 2.24) is 5.32 Å². The van der Waals surface area contributed by atoms with E-state index in [4.69, 9.17) is 0 Å². The lowest BCUT2D eigenvalue weighted by Gasteiger charge is -2.30. The van der Waals surface area contributed by atoms with Crippen molar-refractivity contribution in [3.05, 3.63) is 35.9 Å². The standard InChI is InChI=1S/C26H37NO5/c1-8-21(28)24(31)19(16(2)3)14-22(29)17(4)27-25(32)20(26(5,6)7)15-23(30)18-12-10-9-11-13-18/h9-13,16-17,19-20H,8,14-15H2,1-7H3,(H,27,32)/t17-,19-,20+/m0/s1. The lowest BCUT2D eigenvalue weighted by molar-refractivity contribution is -0.141. The Bertz CT molecular complexity index is 836. The summed E-state index contributed by atoms with van der Waals surface area (Å²) in [5.41, 5.74) is 0.0407. The molecule has 0 radical (unpaired) electrons. The highest BCUT2D eigenvalue weighted by atomic mass is 16.2. The molecule has 0 saturated carbocycles. The summed E-state index contributed by atoms with van der Waals surface area (Å²) in [4.78, 5) is 62.7.